The minimum Gasteiger partial charge on any atom is -0.496 e. The number of ether oxygens (including phenoxy) is 1. The van der Waals surface area contributed by atoms with E-state index in [9.17, 15) is 13.2 Å². The Morgan fingerprint density at radius 2 is 1.85 bits per heavy atom. The first-order valence-corrected chi connectivity index (χ1v) is 10.2. The van der Waals surface area contributed by atoms with E-state index < -0.39 is 10.0 Å². The van der Waals surface area contributed by atoms with E-state index in [0.717, 1.165) is 4.31 Å². The van der Waals surface area contributed by atoms with Crippen LogP contribution in [-0.4, -0.2) is 39.8 Å². The van der Waals surface area contributed by atoms with Crippen LogP contribution in [0.4, 0.5) is 5.69 Å². The van der Waals surface area contributed by atoms with E-state index in [-0.39, 0.29) is 17.2 Å². The summed E-state index contributed by atoms with van der Waals surface area (Å²) >= 11 is 12.0. The molecule has 0 aliphatic rings. The number of hydrogen-bond donors (Lipinski definition) is 1. The zero-order valence-electron chi connectivity index (χ0n) is 15.1. The third kappa shape index (κ3) is 5.35. The van der Waals surface area contributed by atoms with E-state index >= 15 is 0 Å². The summed E-state index contributed by atoms with van der Waals surface area (Å²) in [5, 5.41) is 3.53. The molecule has 146 valence electrons. The minimum atomic E-state index is -3.58. The summed E-state index contributed by atoms with van der Waals surface area (Å²) in [5.41, 5.74) is 1.04. The van der Waals surface area contributed by atoms with E-state index in [1.165, 1.54) is 33.3 Å². The average Bonchev–Trinajstić information content (AvgIpc) is 2.62. The predicted molar refractivity (Wildman–Crippen MR) is 107 cm³/mol. The van der Waals surface area contributed by atoms with Crippen LogP contribution in [0.25, 0.3) is 0 Å². The number of carbonyl (C=O) groups excluding carboxylic acids is 1. The smallest absolute Gasteiger partial charge is 0.242 e. The summed E-state index contributed by atoms with van der Waals surface area (Å²) in [7, 11) is 0.834. The molecule has 0 saturated heterocycles. The maximum absolute atomic E-state index is 12.3. The van der Waals surface area contributed by atoms with Crippen molar-refractivity contribution in [3.63, 3.8) is 0 Å². The summed E-state index contributed by atoms with van der Waals surface area (Å²) < 4.78 is 31.0. The number of aryl methyl sites for hydroxylation is 1. The van der Waals surface area contributed by atoms with Crippen molar-refractivity contribution in [3.8, 4) is 5.75 Å². The number of hydrogen-bond acceptors (Lipinski definition) is 4. The van der Waals surface area contributed by atoms with Gasteiger partial charge in [-0.05, 0) is 48.4 Å². The van der Waals surface area contributed by atoms with Gasteiger partial charge in [-0.15, -0.1) is 0 Å². The fraction of sp³-hybridized carbons (Fsp3) is 0.278. The van der Waals surface area contributed by atoms with Crippen molar-refractivity contribution in [1.29, 1.82) is 0 Å². The topological polar surface area (TPSA) is 75.7 Å². The van der Waals surface area contributed by atoms with Crippen molar-refractivity contribution in [3.05, 3.63) is 52.0 Å². The van der Waals surface area contributed by atoms with Crippen LogP contribution < -0.4 is 10.1 Å². The van der Waals surface area contributed by atoms with Gasteiger partial charge in [-0.3, -0.25) is 4.79 Å². The van der Waals surface area contributed by atoms with E-state index in [0.29, 0.717) is 33.5 Å². The Bertz CT molecular complexity index is 946. The molecule has 2 aromatic rings. The molecule has 0 spiro atoms. The molecule has 1 amide bonds. The van der Waals surface area contributed by atoms with E-state index in [1.54, 1.807) is 24.3 Å². The Morgan fingerprint density at radius 3 is 2.48 bits per heavy atom. The quantitative estimate of drug-likeness (QED) is 0.723. The van der Waals surface area contributed by atoms with E-state index in [2.05, 4.69) is 5.32 Å². The lowest BCUT2D eigenvalue weighted by Gasteiger charge is -2.14. The van der Waals surface area contributed by atoms with Crippen LogP contribution in [0.3, 0.4) is 0 Å². The van der Waals surface area contributed by atoms with Crippen molar-refractivity contribution in [2.75, 3.05) is 26.5 Å². The highest BCUT2D eigenvalue weighted by molar-refractivity contribution is 7.89. The van der Waals surface area contributed by atoms with Crippen LogP contribution in [0.2, 0.25) is 10.0 Å². The molecular weight excluding hydrogens is 411 g/mol. The lowest BCUT2D eigenvalue weighted by Crippen LogP contribution is -2.22. The van der Waals surface area contributed by atoms with Crippen LogP contribution in [0.15, 0.2) is 41.3 Å². The molecule has 0 heterocycles. The number of benzene rings is 2. The van der Waals surface area contributed by atoms with E-state index in [4.69, 9.17) is 27.9 Å². The van der Waals surface area contributed by atoms with Gasteiger partial charge in [-0.2, -0.15) is 0 Å². The van der Waals surface area contributed by atoms with Gasteiger partial charge in [0.15, 0.2) is 0 Å². The first-order chi connectivity index (χ1) is 12.6. The second-order valence-corrected chi connectivity index (χ2v) is 8.93. The van der Waals surface area contributed by atoms with E-state index in [1.807, 2.05) is 0 Å². The van der Waals surface area contributed by atoms with Gasteiger partial charge in [0.25, 0.3) is 0 Å². The highest BCUT2D eigenvalue weighted by Crippen LogP contribution is 2.27. The van der Waals surface area contributed by atoms with Gasteiger partial charge in [-0.1, -0.05) is 23.2 Å². The highest BCUT2D eigenvalue weighted by atomic mass is 35.5. The fourth-order valence-electron chi connectivity index (χ4n) is 2.38. The van der Waals surface area contributed by atoms with Crippen molar-refractivity contribution in [2.24, 2.45) is 0 Å². The third-order valence-corrected chi connectivity index (χ3v) is 6.23. The summed E-state index contributed by atoms with van der Waals surface area (Å²) in [6.07, 6.45) is 0.411. The molecular formula is C18H20Cl2N2O4S. The van der Waals surface area contributed by atoms with Gasteiger partial charge in [-0.25, -0.2) is 12.7 Å². The van der Waals surface area contributed by atoms with Gasteiger partial charge < -0.3 is 10.1 Å². The number of halogens is 2. The predicted octanol–water partition coefficient (Wildman–Crippen LogP) is 3.82. The van der Waals surface area contributed by atoms with Gasteiger partial charge in [0.05, 0.1) is 22.7 Å². The van der Waals surface area contributed by atoms with Crippen molar-refractivity contribution in [1.82, 2.24) is 4.31 Å². The van der Waals surface area contributed by atoms with Gasteiger partial charge in [0.1, 0.15) is 5.75 Å². The molecule has 2 rings (SSSR count). The molecule has 27 heavy (non-hydrogen) atoms. The van der Waals surface area contributed by atoms with Gasteiger partial charge >= 0.3 is 0 Å². The highest BCUT2D eigenvalue weighted by Gasteiger charge is 2.19. The number of nitrogens with one attached hydrogen (secondary N) is 1. The minimum absolute atomic E-state index is 0.116. The second kappa shape index (κ2) is 8.93. The Balaban J connectivity index is 2.16. The molecule has 1 N–H and O–H groups in total. The molecule has 9 heteroatoms. The molecule has 0 radical (unpaired) electrons. The van der Waals surface area contributed by atoms with Crippen LogP contribution in [0, 0.1) is 0 Å². The normalized spacial score (nSPS) is 11.5. The first-order valence-electron chi connectivity index (χ1n) is 7.99. The number of amides is 1. The largest absolute Gasteiger partial charge is 0.496 e. The van der Waals surface area contributed by atoms with Gasteiger partial charge in [0.2, 0.25) is 15.9 Å². The van der Waals surface area contributed by atoms with Crippen LogP contribution >= 0.6 is 23.2 Å². The van der Waals surface area contributed by atoms with Crippen molar-refractivity contribution < 1.29 is 17.9 Å². The Morgan fingerprint density at radius 1 is 1.15 bits per heavy atom. The summed E-state index contributed by atoms with van der Waals surface area (Å²) in [5.74, 6) is 0.239. The number of nitrogens with zero attached hydrogens (tertiary/aromatic N) is 1. The maximum atomic E-state index is 12.3. The Kier molecular flexibility index (Phi) is 7.11. The Hall–Kier alpha value is -1.80. The third-order valence-electron chi connectivity index (χ3n) is 3.85. The molecule has 0 saturated carbocycles. The molecule has 0 aliphatic heterocycles. The molecule has 0 unspecified atom stereocenters. The zero-order chi connectivity index (χ0) is 20.2. The molecule has 0 aliphatic carbocycles. The number of rotatable bonds is 7. The SMILES string of the molecule is COc1ccc(S(=O)(=O)N(C)C)cc1CCC(=O)Nc1cc(Cl)ccc1Cl. The van der Waals surface area contributed by atoms with Crippen molar-refractivity contribution in [2.45, 2.75) is 17.7 Å². The number of sulfonamides is 1. The number of anilines is 1. The van der Waals surface area contributed by atoms with Crippen molar-refractivity contribution >= 4 is 44.8 Å². The van der Waals surface area contributed by atoms with Gasteiger partial charge in [0, 0.05) is 25.5 Å². The zero-order valence-corrected chi connectivity index (χ0v) is 17.5. The lowest BCUT2D eigenvalue weighted by molar-refractivity contribution is -0.116. The number of methoxy groups -OCH3 is 1. The Labute approximate surface area is 169 Å². The molecule has 0 aromatic heterocycles. The molecule has 0 atom stereocenters. The average molecular weight is 431 g/mol. The molecule has 0 bridgehead atoms. The summed E-state index contributed by atoms with van der Waals surface area (Å²) in [6, 6.07) is 9.36. The maximum Gasteiger partial charge on any atom is 0.242 e. The van der Waals surface area contributed by atoms with Crippen LogP contribution in [0.1, 0.15) is 12.0 Å². The second-order valence-electron chi connectivity index (χ2n) is 5.93. The summed E-state index contributed by atoms with van der Waals surface area (Å²) in [4.78, 5) is 12.4. The summed E-state index contributed by atoms with van der Waals surface area (Å²) in [6.45, 7) is 0. The molecule has 0 fully saturated rings. The molecule has 2 aromatic carbocycles. The fourth-order valence-corrected chi connectivity index (χ4v) is 3.67. The lowest BCUT2D eigenvalue weighted by atomic mass is 10.1. The van der Waals surface area contributed by atoms with Crippen LogP contribution in [-0.2, 0) is 21.2 Å². The monoisotopic (exact) mass is 430 g/mol. The first kappa shape index (κ1) is 21.5. The van der Waals surface area contributed by atoms with Crippen LogP contribution in [0.5, 0.6) is 5.75 Å². The standard InChI is InChI=1S/C18H20Cl2N2O4S/c1-22(2)27(24,25)14-6-8-17(26-3)12(10-14)4-9-18(23)21-16-11-13(19)5-7-15(16)20/h5-8,10-11H,4,9H2,1-3H3,(H,21,23). The number of carbonyl (C=O) groups is 1. The molecule has 6 nitrogen and oxygen atoms in total.